The number of hydrogen-bond acceptors (Lipinski definition) is 7. The number of carbonyl (C=O) groups is 3. The van der Waals surface area contributed by atoms with Gasteiger partial charge in [0.2, 0.25) is 0 Å². The zero-order chi connectivity index (χ0) is 25.1. The molecule has 0 unspecified atom stereocenters. The first kappa shape index (κ1) is 23.6. The van der Waals surface area contributed by atoms with Crippen LogP contribution in [0.2, 0.25) is 0 Å². The lowest BCUT2D eigenvalue weighted by Crippen LogP contribution is -2.29. The van der Waals surface area contributed by atoms with Crippen molar-refractivity contribution >= 4 is 29.1 Å². The molecule has 2 N–H and O–H groups in total. The summed E-state index contributed by atoms with van der Waals surface area (Å²) in [4.78, 5) is 39.7. The second kappa shape index (κ2) is 9.72. The maximum atomic E-state index is 13.2. The van der Waals surface area contributed by atoms with E-state index in [-0.39, 0.29) is 29.4 Å². The molecule has 1 heterocycles. The number of methoxy groups -OCH3 is 1. The first-order valence-corrected chi connectivity index (χ1v) is 10.9. The Labute approximate surface area is 201 Å². The fourth-order valence-electron chi connectivity index (χ4n) is 4.00. The largest absolute Gasteiger partial charge is 0.507 e. The van der Waals surface area contributed by atoms with Gasteiger partial charge in [0, 0.05) is 11.3 Å². The number of anilines is 1. The lowest BCUT2D eigenvalue weighted by atomic mass is 9.94. The van der Waals surface area contributed by atoms with Crippen molar-refractivity contribution in [1.82, 2.24) is 0 Å². The molecule has 4 rings (SSSR count). The van der Waals surface area contributed by atoms with Gasteiger partial charge >= 0.3 is 5.97 Å². The van der Waals surface area contributed by atoms with Crippen LogP contribution in [0.4, 0.5) is 5.69 Å². The summed E-state index contributed by atoms with van der Waals surface area (Å²) in [6.45, 7) is 1.92. The van der Waals surface area contributed by atoms with Crippen LogP contribution >= 0.6 is 0 Å². The van der Waals surface area contributed by atoms with Crippen molar-refractivity contribution in [2.24, 2.45) is 0 Å². The highest BCUT2D eigenvalue weighted by Crippen LogP contribution is 2.44. The van der Waals surface area contributed by atoms with Crippen molar-refractivity contribution in [2.75, 3.05) is 18.6 Å². The highest BCUT2D eigenvalue weighted by Gasteiger charge is 2.47. The van der Waals surface area contributed by atoms with E-state index in [2.05, 4.69) is 0 Å². The van der Waals surface area contributed by atoms with E-state index in [9.17, 15) is 24.6 Å². The minimum Gasteiger partial charge on any atom is -0.507 e. The molecule has 178 valence electrons. The molecule has 0 spiro atoms. The molecule has 0 radical (unpaired) electrons. The number of aliphatic hydroxyl groups excluding tert-OH is 1. The molecule has 1 aliphatic rings. The normalized spacial score (nSPS) is 16.9. The van der Waals surface area contributed by atoms with Crippen molar-refractivity contribution in [2.45, 2.75) is 13.0 Å². The van der Waals surface area contributed by atoms with Crippen molar-refractivity contribution in [1.29, 1.82) is 0 Å². The molecular formula is C27H23NO7. The summed E-state index contributed by atoms with van der Waals surface area (Å²) in [6.07, 6.45) is 0. The summed E-state index contributed by atoms with van der Waals surface area (Å²) in [5.41, 5.74) is 1.33. The number of ether oxygens (including phenoxy) is 2. The molecule has 1 amide bonds. The highest BCUT2D eigenvalue weighted by atomic mass is 16.5. The Kier molecular flexibility index (Phi) is 6.55. The standard InChI is InChI=1S/C27H23NO7/c1-3-35-27(33)17-9-12-19(13-10-17)28-23(18-11-14-20(29)21(15-18)34-2)22(25(31)26(28)32)24(30)16-7-5-4-6-8-16/h4-15,23,29-30H,3H2,1-2H3/t23-/m0/s1. The van der Waals surface area contributed by atoms with Crippen LogP contribution in [-0.2, 0) is 14.3 Å². The second-order valence-corrected chi connectivity index (χ2v) is 7.73. The predicted octanol–water partition coefficient (Wildman–Crippen LogP) is 4.20. The van der Waals surface area contributed by atoms with E-state index in [1.54, 1.807) is 43.3 Å². The molecule has 1 aliphatic heterocycles. The van der Waals surface area contributed by atoms with Gasteiger partial charge in [-0.2, -0.15) is 0 Å². The Morgan fingerprint density at radius 2 is 1.66 bits per heavy atom. The molecule has 1 saturated heterocycles. The van der Waals surface area contributed by atoms with Gasteiger partial charge in [-0.05, 0) is 48.9 Å². The number of phenolic OH excluding ortho intramolecular Hbond substituents is 1. The van der Waals surface area contributed by atoms with Crippen molar-refractivity contribution < 1.29 is 34.1 Å². The van der Waals surface area contributed by atoms with Gasteiger partial charge in [-0.1, -0.05) is 36.4 Å². The number of esters is 1. The predicted molar refractivity (Wildman–Crippen MR) is 128 cm³/mol. The number of carbonyl (C=O) groups excluding carboxylic acids is 3. The first-order chi connectivity index (χ1) is 16.9. The number of rotatable bonds is 6. The van der Waals surface area contributed by atoms with E-state index >= 15 is 0 Å². The molecule has 35 heavy (non-hydrogen) atoms. The van der Waals surface area contributed by atoms with E-state index in [0.717, 1.165) is 0 Å². The summed E-state index contributed by atoms with van der Waals surface area (Å²) in [5, 5.41) is 21.2. The maximum absolute atomic E-state index is 13.2. The summed E-state index contributed by atoms with van der Waals surface area (Å²) in [6, 6.07) is 17.9. The Morgan fingerprint density at radius 1 is 0.971 bits per heavy atom. The van der Waals surface area contributed by atoms with Crippen LogP contribution in [0.5, 0.6) is 11.5 Å². The van der Waals surface area contributed by atoms with E-state index in [4.69, 9.17) is 9.47 Å². The zero-order valence-electron chi connectivity index (χ0n) is 19.1. The van der Waals surface area contributed by atoms with E-state index in [0.29, 0.717) is 22.4 Å². The van der Waals surface area contributed by atoms with Gasteiger partial charge in [0.25, 0.3) is 11.7 Å². The molecule has 3 aromatic carbocycles. The Morgan fingerprint density at radius 3 is 2.29 bits per heavy atom. The van der Waals surface area contributed by atoms with Crippen LogP contribution in [0.3, 0.4) is 0 Å². The van der Waals surface area contributed by atoms with Gasteiger partial charge in [-0.25, -0.2) is 4.79 Å². The first-order valence-electron chi connectivity index (χ1n) is 10.9. The average molecular weight is 473 g/mol. The third-order valence-electron chi connectivity index (χ3n) is 5.67. The number of ketones is 1. The molecular weight excluding hydrogens is 450 g/mol. The fraction of sp³-hybridized carbons (Fsp3) is 0.148. The number of aromatic hydroxyl groups is 1. The zero-order valence-corrected chi connectivity index (χ0v) is 19.1. The van der Waals surface area contributed by atoms with Crippen LogP contribution in [0.15, 0.2) is 78.4 Å². The van der Waals surface area contributed by atoms with Gasteiger partial charge in [-0.15, -0.1) is 0 Å². The third kappa shape index (κ3) is 4.33. The quantitative estimate of drug-likeness (QED) is 0.239. The topological polar surface area (TPSA) is 113 Å². The van der Waals surface area contributed by atoms with Crippen LogP contribution < -0.4 is 9.64 Å². The summed E-state index contributed by atoms with van der Waals surface area (Å²) < 4.78 is 10.2. The van der Waals surface area contributed by atoms with Crippen LogP contribution in [0.25, 0.3) is 5.76 Å². The molecule has 3 aromatic rings. The maximum Gasteiger partial charge on any atom is 0.338 e. The van der Waals surface area contributed by atoms with Crippen LogP contribution in [0, 0.1) is 0 Å². The van der Waals surface area contributed by atoms with Gasteiger partial charge in [0.1, 0.15) is 5.76 Å². The Hall–Kier alpha value is -4.59. The molecule has 0 aliphatic carbocycles. The van der Waals surface area contributed by atoms with Crippen molar-refractivity contribution in [3.8, 4) is 11.5 Å². The monoisotopic (exact) mass is 473 g/mol. The minimum absolute atomic E-state index is 0.108. The van der Waals surface area contributed by atoms with E-state index in [1.807, 2.05) is 0 Å². The second-order valence-electron chi connectivity index (χ2n) is 7.73. The van der Waals surface area contributed by atoms with E-state index < -0.39 is 23.7 Å². The fourth-order valence-corrected chi connectivity index (χ4v) is 4.00. The Balaban J connectivity index is 1.89. The molecule has 1 fully saturated rings. The summed E-state index contributed by atoms with van der Waals surface area (Å²) in [5.74, 6) is -2.52. The summed E-state index contributed by atoms with van der Waals surface area (Å²) >= 11 is 0. The van der Waals surface area contributed by atoms with Gasteiger partial charge in [-0.3, -0.25) is 14.5 Å². The van der Waals surface area contributed by atoms with Gasteiger partial charge in [0.15, 0.2) is 11.5 Å². The number of amides is 1. The SMILES string of the molecule is CCOC(=O)c1ccc(N2C(=O)C(=O)C(=C(O)c3ccccc3)[C@@H]2c2ccc(O)c(OC)c2)cc1. The molecule has 1 atom stereocenters. The van der Waals surface area contributed by atoms with Crippen LogP contribution in [0.1, 0.15) is 34.5 Å². The van der Waals surface area contributed by atoms with Crippen molar-refractivity contribution in [3.05, 3.63) is 95.1 Å². The summed E-state index contributed by atoms with van der Waals surface area (Å²) in [7, 11) is 1.38. The lowest BCUT2D eigenvalue weighted by Gasteiger charge is -2.26. The highest BCUT2D eigenvalue weighted by molar-refractivity contribution is 6.51. The Bertz CT molecular complexity index is 1310. The van der Waals surface area contributed by atoms with Gasteiger partial charge in [0.05, 0.1) is 30.9 Å². The van der Waals surface area contributed by atoms with Crippen molar-refractivity contribution in [3.63, 3.8) is 0 Å². The minimum atomic E-state index is -1.02. The molecule has 0 aromatic heterocycles. The molecule has 8 heteroatoms. The number of benzene rings is 3. The number of Topliss-reactive ketones (excluding diaryl/α,β-unsaturated/α-hetero) is 1. The molecule has 8 nitrogen and oxygen atoms in total. The lowest BCUT2D eigenvalue weighted by molar-refractivity contribution is -0.132. The number of aliphatic hydroxyl groups is 1. The number of phenols is 1. The average Bonchev–Trinajstić information content (AvgIpc) is 3.15. The number of nitrogens with zero attached hydrogens (tertiary/aromatic N) is 1. The molecule has 0 saturated carbocycles. The van der Waals surface area contributed by atoms with Gasteiger partial charge < -0.3 is 19.7 Å². The molecule has 0 bridgehead atoms. The smallest absolute Gasteiger partial charge is 0.338 e. The van der Waals surface area contributed by atoms with Crippen LogP contribution in [-0.4, -0.2) is 41.6 Å². The number of hydrogen-bond donors (Lipinski definition) is 2. The van der Waals surface area contributed by atoms with E-state index in [1.165, 1.54) is 48.4 Å². The third-order valence-corrected chi connectivity index (χ3v) is 5.67.